The van der Waals surface area contributed by atoms with Crippen LogP contribution in [0.25, 0.3) is 0 Å². The van der Waals surface area contributed by atoms with Crippen LogP contribution in [-0.4, -0.2) is 17.9 Å². The number of carbonyl (C=O) groups is 2. The predicted molar refractivity (Wildman–Crippen MR) is 116 cm³/mol. The first kappa shape index (κ1) is 20.6. The molecule has 0 aliphatic rings. The topological polar surface area (TPSA) is 91.2 Å². The lowest BCUT2D eigenvalue weighted by atomic mass is 10.1. The van der Waals surface area contributed by atoms with Crippen LogP contribution in [0.5, 0.6) is 5.75 Å². The smallest absolute Gasteiger partial charge is 0.255 e. The molecule has 2 amide bonds. The van der Waals surface area contributed by atoms with E-state index in [1.807, 2.05) is 32.0 Å². The fourth-order valence-electron chi connectivity index (χ4n) is 2.79. The third kappa shape index (κ3) is 5.24. The molecule has 30 heavy (non-hydrogen) atoms. The van der Waals surface area contributed by atoms with Crippen molar-refractivity contribution in [3.05, 3.63) is 89.5 Å². The first-order chi connectivity index (χ1) is 14.5. The van der Waals surface area contributed by atoms with Gasteiger partial charge >= 0.3 is 0 Å². The second kappa shape index (κ2) is 9.39. The summed E-state index contributed by atoms with van der Waals surface area (Å²) >= 11 is 0. The van der Waals surface area contributed by atoms with Crippen molar-refractivity contribution >= 4 is 23.2 Å². The number of para-hydroxylation sites is 2. The number of ether oxygens (including phenoxy) is 1. The summed E-state index contributed by atoms with van der Waals surface area (Å²) in [5.74, 6) is -0.147. The quantitative estimate of drug-likeness (QED) is 0.620. The zero-order valence-electron chi connectivity index (χ0n) is 16.7. The molecule has 2 N–H and O–H groups in total. The lowest BCUT2D eigenvalue weighted by molar-refractivity contribution is 0.102. The van der Waals surface area contributed by atoms with Crippen LogP contribution in [0.15, 0.2) is 72.8 Å². The second-order valence-electron chi connectivity index (χ2n) is 6.84. The van der Waals surface area contributed by atoms with Gasteiger partial charge in [0.05, 0.1) is 23.4 Å². The van der Waals surface area contributed by atoms with Crippen molar-refractivity contribution in [3.63, 3.8) is 0 Å². The van der Waals surface area contributed by atoms with Gasteiger partial charge in [-0.3, -0.25) is 9.59 Å². The Kier molecular flexibility index (Phi) is 6.46. The van der Waals surface area contributed by atoms with Crippen molar-refractivity contribution in [3.8, 4) is 11.8 Å². The first-order valence-corrected chi connectivity index (χ1v) is 9.45. The fraction of sp³-hybridized carbons (Fsp3) is 0.125. The standard InChI is InChI=1S/C24H21N3O3/c1-16(2)30-22-12-4-3-11-21(22)27-24(29)19-9-6-8-18(14-19)23(28)26-20-10-5-7-17(13-20)15-25/h3-14,16H,1-2H3,(H,26,28)(H,27,29). The van der Waals surface area contributed by atoms with Gasteiger partial charge in [0.1, 0.15) is 5.75 Å². The maximum Gasteiger partial charge on any atom is 0.255 e. The van der Waals surface area contributed by atoms with Gasteiger partial charge < -0.3 is 15.4 Å². The Hall–Kier alpha value is -4.11. The average Bonchev–Trinajstić information content (AvgIpc) is 2.75. The Balaban J connectivity index is 1.76. The van der Waals surface area contributed by atoms with Gasteiger partial charge in [0.2, 0.25) is 0 Å². The molecule has 0 aromatic heterocycles. The summed E-state index contributed by atoms with van der Waals surface area (Å²) < 4.78 is 5.73. The van der Waals surface area contributed by atoms with Crippen LogP contribution < -0.4 is 15.4 Å². The summed E-state index contributed by atoms with van der Waals surface area (Å²) in [6.07, 6.45) is -0.0328. The van der Waals surface area contributed by atoms with Gasteiger partial charge in [0.15, 0.2) is 0 Å². The molecular formula is C24H21N3O3. The molecule has 3 aromatic rings. The number of nitriles is 1. The van der Waals surface area contributed by atoms with E-state index >= 15 is 0 Å². The number of anilines is 2. The summed E-state index contributed by atoms with van der Waals surface area (Å²) in [5.41, 5.74) is 2.18. The molecule has 3 aromatic carbocycles. The molecule has 0 atom stereocenters. The highest BCUT2D eigenvalue weighted by Gasteiger charge is 2.13. The summed E-state index contributed by atoms with van der Waals surface area (Å²) in [6, 6.07) is 22.3. The van der Waals surface area contributed by atoms with E-state index in [1.54, 1.807) is 54.6 Å². The van der Waals surface area contributed by atoms with E-state index in [2.05, 4.69) is 10.6 Å². The highest BCUT2D eigenvalue weighted by atomic mass is 16.5. The van der Waals surface area contributed by atoms with Crippen LogP contribution in [0, 0.1) is 11.3 Å². The van der Waals surface area contributed by atoms with Crippen molar-refractivity contribution in [2.75, 3.05) is 10.6 Å². The number of benzene rings is 3. The molecule has 0 radical (unpaired) electrons. The minimum atomic E-state index is -0.372. The largest absolute Gasteiger partial charge is 0.489 e. The fourth-order valence-corrected chi connectivity index (χ4v) is 2.79. The molecular weight excluding hydrogens is 378 g/mol. The van der Waals surface area contributed by atoms with Crippen molar-refractivity contribution < 1.29 is 14.3 Å². The summed E-state index contributed by atoms with van der Waals surface area (Å²) in [7, 11) is 0. The van der Waals surface area contributed by atoms with E-state index in [0.717, 1.165) is 0 Å². The number of hydrogen-bond donors (Lipinski definition) is 2. The molecule has 0 saturated heterocycles. The van der Waals surface area contributed by atoms with Gasteiger partial charge in [0, 0.05) is 16.8 Å². The number of hydrogen-bond acceptors (Lipinski definition) is 4. The van der Waals surface area contributed by atoms with E-state index in [4.69, 9.17) is 10.00 Å². The normalized spacial score (nSPS) is 10.2. The van der Waals surface area contributed by atoms with E-state index < -0.39 is 0 Å². The minimum Gasteiger partial charge on any atom is -0.489 e. The van der Waals surface area contributed by atoms with Gasteiger partial charge in [-0.05, 0) is 62.4 Å². The molecule has 6 nitrogen and oxygen atoms in total. The van der Waals surface area contributed by atoms with Crippen molar-refractivity contribution in [1.82, 2.24) is 0 Å². The summed E-state index contributed by atoms with van der Waals surface area (Å²) in [4.78, 5) is 25.3. The maximum atomic E-state index is 12.7. The van der Waals surface area contributed by atoms with E-state index in [-0.39, 0.29) is 17.9 Å². The second-order valence-corrected chi connectivity index (χ2v) is 6.84. The molecule has 0 aliphatic carbocycles. The van der Waals surface area contributed by atoms with Crippen LogP contribution in [0.2, 0.25) is 0 Å². The molecule has 0 saturated carbocycles. The van der Waals surface area contributed by atoms with Gasteiger partial charge in [0.25, 0.3) is 11.8 Å². The van der Waals surface area contributed by atoms with Crippen LogP contribution in [0.4, 0.5) is 11.4 Å². The highest BCUT2D eigenvalue weighted by Crippen LogP contribution is 2.25. The molecule has 0 fully saturated rings. The third-order valence-corrected chi connectivity index (χ3v) is 4.13. The van der Waals surface area contributed by atoms with Crippen LogP contribution >= 0.6 is 0 Å². The van der Waals surface area contributed by atoms with Gasteiger partial charge in [-0.1, -0.05) is 24.3 Å². The molecule has 0 spiro atoms. The molecule has 0 bridgehead atoms. The first-order valence-electron chi connectivity index (χ1n) is 9.45. The number of nitrogens with one attached hydrogen (secondary N) is 2. The molecule has 0 heterocycles. The molecule has 150 valence electrons. The third-order valence-electron chi connectivity index (χ3n) is 4.13. The predicted octanol–water partition coefficient (Wildman–Crippen LogP) is 4.85. The van der Waals surface area contributed by atoms with Gasteiger partial charge in [-0.2, -0.15) is 5.26 Å². The van der Waals surface area contributed by atoms with Gasteiger partial charge in [-0.15, -0.1) is 0 Å². The van der Waals surface area contributed by atoms with Crippen LogP contribution in [0.1, 0.15) is 40.1 Å². The molecule has 0 unspecified atom stereocenters. The Morgan fingerprint density at radius 2 is 1.53 bits per heavy atom. The molecule has 3 rings (SSSR count). The lowest BCUT2D eigenvalue weighted by Gasteiger charge is -2.15. The van der Waals surface area contributed by atoms with Crippen molar-refractivity contribution in [2.24, 2.45) is 0 Å². The van der Waals surface area contributed by atoms with Crippen molar-refractivity contribution in [2.45, 2.75) is 20.0 Å². The van der Waals surface area contributed by atoms with Crippen LogP contribution in [0.3, 0.4) is 0 Å². The van der Waals surface area contributed by atoms with Gasteiger partial charge in [-0.25, -0.2) is 0 Å². The number of carbonyl (C=O) groups excluding carboxylic acids is 2. The molecule has 6 heteroatoms. The Morgan fingerprint density at radius 3 is 2.23 bits per heavy atom. The zero-order valence-corrected chi connectivity index (χ0v) is 16.7. The average molecular weight is 399 g/mol. The number of nitrogens with zero attached hydrogens (tertiary/aromatic N) is 1. The minimum absolute atomic E-state index is 0.0328. The lowest BCUT2D eigenvalue weighted by Crippen LogP contribution is -2.16. The number of rotatable bonds is 6. The monoisotopic (exact) mass is 399 g/mol. The molecule has 0 aliphatic heterocycles. The van der Waals surface area contributed by atoms with E-state index in [1.165, 1.54) is 6.07 Å². The highest BCUT2D eigenvalue weighted by molar-refractivity contribution is 6.09. The van der Waals surface area contributed by atoms with Crippen LogP contribution in [-0.2, 0) is 0 Å². The SMILES string of the molecule is CC(C)Oc1ccccc1NC(=O)c1cccc(C(=O)Nc2cccc(C#N)c2)c1. The summed E-state index contributed by atoms with van der Waals surface area (Å²) in [6.45, 7) is 3.82. The van der Waals surface area contributed by atoms with Crippen molar-refractivity contribution in [1.29, 1.82) is 5.26 Å². The Labute approximate surface area is 175 Å². The van der Waals surface area contributed by atoms with E-state index in [9.17, 15) is 9.59 Å². The maximum absolute atomic E-state index is 12.7. The van der Waals surface area contributed by atoms with E-state index in [0.29, 0.717) is 33.8 Å². The number of amides is 2. The summed E-state index contributed by atoms with van der Waals surface area (Å²) in [5, 5.41) is 14.6. The zero-order chi connectivity index (χ0) is 21.5. The Bertz CT molecular complexity index is 1120. The Morgan fingerprint density at radius 1 is 0.867 bits per heavy atom.